The van der Waals surface area contributed by atoms with Crippen LogP contribution in [-0.2, 0) is 0 Å². The van der Waals surface area contributed by atoms with Crippen LogP contribution in [0.4, 0.5) is 4.39 Å². The van der Waals surface area contributed by atoms with E-state index in [1.165, 1.54) is 18.6 Å². The van der Waals surface area contributed by atoms with E-state index in [0.717, 1.165) is 12.8 Å². The van der Waals surface area contributed by atoms with Gasteiger partial charge in [0.1, 0.15) is 22.6 Å². The number of rotatable bonds is 3. The number of aromatic nitrogens is 3. The van der Waals surface area contributed by atoms with Crippen LogP contribution in [0.2, 0.25) is 0 Å². The summed E-state index contributed by atoms with van der Waals surface area (Å²) in [6.45, 7) is 0. The van der Waals surface area contributed by atoms with Gasteiger partial charge in [0.15, 0.2) is 5.82 Å². The van der Waals surface area contributed by atoms with Gasteiger partial charge in [0.25, 0.3) is 5.56 Å². The zero-order valence-corrected chi connectivity index (χ0v) is 12.3. The first-order valence-electron chi connectivity index (χ1n) is 7.52. The molecule has 1 saturated carbocycles. The summed E-state index contributed by atoms with van der Waals surface area (Å²) >= 11 is 0. The number of nitrogens with one attached hydrogen (secondary N) is 1. The predicted octanol–water partition coefficient (Wildman–Crippen LogP) is 3.06. The Bertz CT molecular complexity index is 935. The Labute approximate surface area is 131 Å². The van der Waals surface area contributed by atoms with Crippen molar-refractivity contribution in [2.75, 3.05) is 0 Å². The maximum Gasteiger partial charge on any atom is 0.262 e. The lowest BCUT2D eigenvalue weighted by Gasteiger charge is -2.26. The van der Waals surface area contributed by atoms with E-state index < -0.39 is 11.4 Å². The molecule has 4 rings (SSSR count). The zero-order chi connectivity index (χ0) is 15.8. The highest BCUT2D eigenvalue weighted by molar-refractivity contribution is 5.79. The molecule has 1 aliphatic rings. The van der Waals surface area contributed by atoms with Gasteiger partial charge in [0.2, 0.25) is 0 Å². The van der Waals surface area contributed by atoms with Crippen LogP contribution in [0, 0.1) is 5.82 Å². The summed E-state index contributed by atoms with van der Waals surface area (Å²) in [5.74, 6) is 0.409. The molecule has 3 aromatic rings. The third kappa shape index (κ3) is 2.56. The van der Waals surface area contributed by atoms with Crippen molar-refractivity contribution in [3.63, 3.8) is 0 Å². The first-order valence-corrected chi connectivity index (χ1v) is 7.52. The third-order valence-corrected chi connectivity index (χ3v) is 4.01. The standard InChI is InChI=1S/C17H14FN3O2/c18-12-5-2-6-13-15(12)17(22)21-16(20-13)14-9-11(7-8-19-14)23-10-3-1-4-10/h2,5-10H,1,3-4H2,(H,20,21,22). The normalized spacial score (nSPS) is 14.7. The van der Waals surface area contributed by atoms with Crippen LogP contribution in [0.3, 0.4) is 0 Å². The molecule has 0 atom stereocenters. The van der Waals surface area contributed by atoms with Gasteiger partial charge in [-0.1, -0.05) is 6.07 Å². The molecule has 2 heterocycles. The molecular formula is C17H14FN3O2. The van der Waals surface area contributed by atoms with Crippen molar-refractivity contribution in [3.8, 4) is 17.3 Å². The van der Waals surface area contributed by atoms with Crippen molar-refractivity contribution in [3.05, 3.63) is 52.7 Å². The van der Waals surface area contributed by atoms with E-state index in [9.17, 15) is 9.18 Å². The molecule has 1 aliphatic carbocycles. The fraction of sp³-hybridized carbons (Fsp3) is 0.235. The third-order valence-electron chi connectivity index (χ3n) is 4.01. The summed E-state index contributed by atoms with van der Waals surface area (Å²) in [6, 6.07) is 7.88. The summed E-state index contributed by atoms with van der Waals surface area (Å²) in [4.78, 5) is 23.2. The quantitative estimate of drug-likeness (QED) is 0.807. The molecule has 1 aromatic carbocycles. The molecule has 0 bridgehead atoms. The van der Waals surface area contributed by atoms with Crippen LogP contribution in [-0.4, -0.2) is 21.1 Å². The first kappa shape index (κ1) is 13.9. The Hall–Kier alpha value is -2.76. The van der Waals surface area contributed by atoms with Gasteiger partial charge in [-0.3, -0.25) is 9.78 Å². The number of pyridine rings is 1. The van der Waals surface area contributed by atoms with E-state index in [1.807, 2.05) is 0 Å². The number of hydrogen-bond donors (Lipinski definition) is 1. The number of nitrogens with zero attached hydrogens (tertiary/aromatic N) is 2. The Kier molecular flexibility index (Phi) is 3.29. The Balaban J connectivity index is 1.76. The lowest BCUT2D eigenvalue weighted by atomic mass is 9.96. The van der Waals surface area contributed by atoms with Crippen molar-refractivity contribution in [1.82, 2.24) is 15.0 Å². The Morgan fingerprint density at radius 2 is 2.13 bits per heavy atom. The lowest BCUT2D eigenvalue weighted by molar-refractivity contribution is 0.120. The zero-order valence-electron chi connectivity index (χ0n) is 12.3. The van der Waals surface area contributed by atoms with Crippen molar-refractivity contribution in [2.24, 2.45) is 0 Å². The summed E-state index contributed by atoms with van der Waals surface area (Å²) in [5, 5.41) is -0.0434. The second-order valence-corrected chi connectivity index (χ2v) is 5.60. The predicted molar refractivity (Wildman–Crippen MR) is 83.8 cm³/mol. The monoisotopic (exact) mass is 311 g/mol. The fourth-order valence-corrected chi connectivity index (χ4v) is 2.57. The van der Waals surface area contributed by atoms with Crippen LogP contribution >= 0.6 is 0 Å². The molecule has 0 amide bonds. The minimum atomic E-state index is -0.585. The van der Waals surface area contributed by atoms with Crippen molar-refractivity contribution < 1.29 is 9.13 Å². The molecule has 6 heteroatoms. The SMILES string of the molecule is O=c1[nH]c(-c2cc(OC3CCC3)ccn2)nc2cccc(F)c12. The highest BCUT2D eigenvalue weighted by Gasteiger charge is 2.19. The van der Waals surface area contributed by atoms with E-state index in [4.69, 9.17) is 4.74 Å². The molecule has 0 radical (unpaired) electrons. The summed E-state index contributed by atoms with van der Waals surface area (Å²) < 4.78 is 19.6. The van der Waals surface area contributed by atoms with Crippen LogP contribution in [0.15, 0.2) is 41.3 Å². The average molecular weight is 311 g/mol. The molecule has 1 fully saturated rings. The number of aromatic amines is 1. The highest BCUT2D eigenvalue weighted by Crippen LogP contribution is 2.26. The molecule has 0 unspecified atom stereocenters. The van der Waals surface area contributed by atoms with Crippen LogP contribution in [0.1, 0.15) is 19.3 Å². The van der Waals surface area contributed by atoms with Gasteiger partial charge in [-0.05, 0) is 37.5 Å². The molecule has 0 aliphatic heterocycles. The molecule has 0 saturated heterocycles. The van der Waals surface area contributed by atoms with Crippen LogP contribution in [0.25, 0.3) is 22.4 Å². The maximum absolute atomic E-state index is 13.7. The molecule has 5 nitrogen and oxygen atoms in total. The van der Waals surface area contributed by atoms with Gasteiger partial charge >= 0.3 is 0 Å². The number of halogens is 1. The lowest BCUT2D eigenvalue weighted by Crippen LogP contribution is -2.24. The molecule has 23 heavy (non-hydrogen) atoms. The van der Waals surface area contributed by atoms with E-state index in [-0.39, 0.29) is 11.5 Å². The highest BCUT2D eigenvalue weighted by atomic mass is 19.1. The van der Waals surface area contributed by atoms with Gasteiger partial charge in [-0.15, -0.1) is 0 Å². The van der Waals surface area contributed by atoms with Crippen molar-refractivity contribution >= 4 is 10.9 Å². The second kappa shape index (κ2) is 5.46. The van der Waals surface area contributed by atoms with Gasteiger partial charge in [0, 0.05) is 12.3 Å². The van der Waals surface area contributed by atoms with E-state index in [1.54, 1.807) is 24.4 Å². The number of hydrogen-bond acceptors (Lipinski definition) is 4. The topological polar surface area (TPSA) is 67.9 Å². The maximum atomic E-state index is 13.7. The van der Waals surface area contributed by atoms with Crippen LogP contribution < -0.4 is 10.3 Å². The van der Waals surface area contributed by atoms with Crippen LogP contribution in [0.5, 0.6) is 5.75 Å². The summed E-state index contributed by atoms with van der Waals surface area (Å²) in [5.41, 5.74) is 0.274. The number of ether oxygens (including phenoxy) is 1. The van der Waals surface area contributed by atoms with Gasteiger partial charge < -0.3 is 9.72 Å². The van der Waals surface area contributed by atoms with Crippen molar-refractivity contribution in [1.29, 1.82) is 0 Å². The summed E-state index contributed by atoms with van der Waals surface area (Å²) in [6.07, 6.45) is 5.17. The molecular weight excluding hydrogens is 297 g/mol. The Morgan fingerprint density at radius 1 is 1.26 bits per heavy atom. The van der Waals surface area contributed by atoms with Gasteiger partial charge in [-0.25, -0.2) is 9.37 Å². The number of benzene rings is 1. The van der Waals surface area contributed by atoms with E-state index >= 15 is 0 Å². The van der Waals surface area contributed by atoms with E-state index in [2.05, 4.69) is 15.0 Å². The fourth-order valence-electron chi connectivity index (χ4n) is 2.57. The molecule has 0 spiro atoms. The largest absolute Gasteiger partial charge is 0.490 e. The minimum Gasteiger partial charge on any atom is -0.490 e. The van der Waals surface area contributed by atoms with Gasteiger partial charge in [0.05, 0.1) is 11.6 Å². The average Bonchev–Trinajstić information content (AvgIpc) is 2.51. The minimum absolute atomic E-state index is 0.0434. The molecule has 116 valence electrons. The number of fused-ring (bicyclic) bond motifs is 1. The van der Waals surface area contributed by atoms with E-state index in [0.29, 0.717) is 22.8 Å². The molecule has 2 aromatic heterocycles. The summed E-state index contributed by atoms with van der Waals surface area (Å²) in [7, 11) is 0. The first-order chi connectivity index (χ1) is 11.2. The van der Waals surface area contributed by atoms with Crippen molar-refractivity contribution in [2.45, 2.75) is 25.4 Å². The van der Waals surface area contributed by atoms with Gasteiger partial charge in [-0.2, -0.15) is 0 Å². The Morgan fingerprint density at radius 3 is 2.91 bits per heavy atom. The smallest absolute Gasteiger partial charge is 0.262 e. The molecule has 1 N–H and O–H groups in total. The number of H-pyrrole nitrogens is 1. The second-order valence-electron chi connectivity index (χ2n) is 5.60.